The Morgan fingerprint density at radius 2 is 1.74 bits per heavy atom. The van der Waals surface area contributed by atoms with Crippen molar-refractivity contribution in [1.29, 1.82) is 5.26 Å². The molecule has 0 fully saturated rings. The van der Waals surface area contributed by atoms with E-state index in [0.29, 0.717) is 24.1 Å². The maximum atomic E-state index is 12.7. The molecule has 0 aliphatic rings. The SMILES string of the molecule is Cc1ccccc1C(=O)NC(CC(C)C)C(=O)Nc1ccc(CC#N)cc1. The summed E-state index contributed by atoms with van der Waals surface area (Å²) >= 11 is 0. The van der Waals surface area contributed by atoms with E-state index < -0.39 is 6.04 Å². The molecule has 0 saturated heterocycles. The number of amides is 2. The molecule has 0 radical (unpaired) electrons. The average Bonchev–Trinajstić information content (AvgIpc) is 2.63. The van der Waals surface area contributed by atoms with E-state index in [4.69, 9.17) is 5.26 Å². The van der Waals surface area contributed by atoms with Crippen LogP contribution in [0.15, 0.2) is 48.5 Å². The smallest absolute Gasteiger partial charge is 0.252 e. The number of aryl methyl sites for hydroxylation is 1. The van der Waals surface area contributed by atoms with Crippen LogP contribution in [0.2, 0.25) is 0 Å². The number of anilines is 1. The molecule has 0 aromatic heterocycles. The molecular weight excluding hydrogens is 338 g/mol. The zero-order valence-corrected chi connectivity index (χ0v) is 16.0. The first kappa shape index (κ1) is 20.2. The van der Waals surface area contributed by atoms with Crippen molar-refractivity contribution >= 4 is 17.5 Å². The van der Waals surface area contributed by atoms with Crippen molar-refractivity contribution < 1.29 is 9.59 Å². The minimum absolute atomic E-state index is 0.246. The fraction of sp³-hybridized carbons (Fsp3) is 0.318. The number of carbonyl (C=O) groups is 2. The Morgan fingerprint density at radius 3 is 2.33 bits per heavy atom. The number of hydrogen-bond acceptors (Lipinski definition) is 3. The Labute approximate surface area is 160 Å². The van der Waals surface area contributed by atoms with Crippen molar-refractivity contribution in [3.8, 4) is 6.07 Å². The molecule has 0 aliphatic heterocycles. The predicted molar refractivity (Wildman–Crippen MR) is 106 cm³/mol. The molecule has 2 aromatic rings. The van der Waals surface area contributed by atoms with E-state index >= 15 is 0 Å². The first-order valence-corrected chi connectivity index (χ1v) is 9.04. The summed E-state index contributed by atoms with van der Waals surface area (Å²) in [6, 6.07) is 15.9. The van der Waals surface area contributed by atoms with Gasteiger partial charge in [0.2, 0.25) is 5.91 Å². The quantitative estimate of drug-likeness (QED) is 0.784. The summed E-state index contributed by atoms with van der Waals surface area (Å²) in [7, 11) is 0. The van der Waals surface area contributed by atoms with Gasteiger partial charge in [-0.05, 0) is 48.6 Å². The lowest BCUT2D eigenvalue weighted by Gasteiger charge is -2.21. The summed E-state index contributed by atoms with van der Waals surface area (Å²) in [5, 5.41) is 14.4. The van der Waals surface area contributed by atoms with Crippen molar-refractivity contribution in [3.63, 3.8) is 0 Å². The zero-order valence-electron chi connectivity index (χ0n) is 16.0. The standard InChI is InChI=1S/C22H25N3O2/c1-15(2)14-20(25-21(26)19-7-5-4-6-16(19)3)22(27)24-18-10-8-17(9-11-18)12-13-23/h4-11,15,20H,12,14H2,1-3H3,(H,24,27)(H,25,26). The fourth-order valence-electron chi connectivity index (χ4n) is 2.79. The first-order valence-electron chi connectivity index (χ1n) is 9.04. The third-order valence-electron chi connectivity index (χ3n) is 4.22. The number of carbonyl (C=O) groups excluding carboxylic acids is 2. The Kier molecular flexibility index (Phi) is 7.13. The van der Waals surface area contributed by atoms with Gasteiger partial charge in [0.25, 0.3) is 5.91 Å². The van der Waals surface area contributed by atoms with Crippen LogP contribution in [-0.2, 0) is 11.2 Å². The molecule has 2 N–H and O–H groups in total. The van der Waals surface area contributed by atoms with Gasteiger partial charge in [0.15, 0.2) is 0 Å². The van der Waals surface area contributed by atoms with Gasteiger partial charge in [-0.2, -0.15) is 5.26 Å². The fourth-order valence-corrected chi connectivity index (χ4v) is 2.79. The minimum Gasteiger partial charge on any atom is -0.340 e. The predicted octanol–water partition coefficient (Wildman–Crippen LogP) is 3.84. The van der Waals surface area contributed by atoms with Gasteiger partial charge < -0.3 is 10.6 Å². The van der Waals surface area contributed by atoms with E-state index in [-0.39, 0.29) is 17.7 Å². The molecule has 0 spiro atoms. The Hall–Kier alpha value is -3.13. The molecule has 5 nitrogen and oxygen atoms in total. The molecule has 1 unspecified atom stereocenters. The maximum absolute atomic E-state index is 12.7. The summed E-state index contributed by atoms with van der Waals surface area (Å²) < 4.78 is 0. The molecule has 5 heteroatoms. The number of rotatable bonds is 7. The lowest BCUT2D eigenvalue weighted by atomic mass is 10.0. The van der Waals surface area contributed by atoms with Crippen LogP contribution in [0, 0.1) is 24.2 Å². The third kappa shape index (κ3) is 5.96. The van der Waals surface area contributed by atoms with Gasteiger partial charge in [0, 0.05) is 11.3 Å². The Bertz CT molecular complexity index is 835. The highest BCUT2D eigenvalue weighted by atomic mass is 16.2. The summed E-state index contributed by atoms with van der Waals surface area (Å²) in [4.78, 5) is 25.3. The third-order valence-corrected chi connectivity index (χ3v) is 4.22. The molecule has 1 atom stereocenters. The second-order valence-corrected chi connectivity index (χ2v) is 6.99. The maximum Gasteiger partial charge on any atom is 0.252 e. The van der Waals surface area contributed by atoms with Crippen LogP contribution in [0.25, 0.3) is 0 Å². The molecule has 2 aromatic carbocycles. The lowest BCUT2D eigenvalue weighted by Crippen LogP contribution is -2.44. The van der Waals surface area contributed by atoms with Crippen molar-refractivity contribution in [2.75, 3.05) is 5.32 Å². The molecule has 0 bridgehead atoms. The molecule has 0 aliphatic carbocycles. The highest BCUT2D eigenvalue weighted by Gasteiger charge is 2.23. The molecular formula is C22H25N3O2. The molecule has 2 amide bonds. The van der Waals surface area contributed by atoms with Gasteiger partial charge in [0.1, 0.15) is 6.04 Å². The summed E-state index contributed by atoms with van der Waals surface area (Å²) in [5.74, 6) is -0.257. The minimum atomic E-state index is -0.629. The van der Waals surface area contributed by atoms with E-state index in [1.807, 2.05) is 51.1 Å². The molecule has 2 rings (SSSR count). The van der Waals surface area contributed by atoms with Gasteiger partial charge >= 0.3 is 0 Å². The van der Waals surface area contributed by atoms with Crippen LogP contribution in [-0.4, -0.2) is 17.9 Å². The summed E-state index contributed by atoms with van der Waals surface area (Å²) in [6.45, 7) is 5.89. The van der Waals surface area contributed by atoms with E-state index in [1.54, 1.807) is 18.2 Å². The highest BCUT2D eigenvalue weighted by Crippen LogP contribution is 2.14. The Morgan fingerprint density at radius 1 is 1.07 bits per heavy atom. The van der Waals surface area contributed by atoms with Gasteiger partial charge in [-0.1, -0.05) is 44.2 Å². The van der Waals surface area contributed by atoms with E-state index in [0.717, 1.165) is 11.1 Å². The number of nitrogens with zero attached hydrogens (tertiary/aromatic N) is 1. The summed E-state index contributed by atoms with van der Waals surface area (Å²) in [5.41, 5.74) is 2.97. The van der Waals surface area contributed by atoms with Gasteiger partial charge in [-0.15, -0.1) is 0 Å². The van der Waals surface area contributed by atoms with E-state index in [2.05, 4.69) is 16.7 Å². The molecule has 0 heterocycles. The van der Waals surface area contributed by atoms with Crippen LogP contribution in [0.4, 0.5) is 5.69 Å². The van der Waals surface area contributed by atoms with Crippen molar-refractivity contribution in [1.82, 2.24) is 5.32 Å². The molecule has 140 valence electrons. The average molecular weight is 363 g/mol. The highest BCUT2D eigenvalue weighted by molar-refractivity contribution is 6.01. The van der Waals surface area contributed by atoms with Gasteiger partial charge in [0.05, 0.1) is 12.5 Å². The Balaban J connectivity index is 2.10. The van der Waals surface area contributed by atoms with Gasteiger partial charge in [-0.3, -0.25) is 9.59 Å². The first-order chi connectivity index (χ1) is 12.9. The topological polar surface area (TPSA) is 82.0 Å². The van der Waals surface area contributed by atoms with Crippen LogP contribution in [0.3, 0.4) is 0 Å². The van der Waals surface area contributed by atoms with Crippen LogP contribution in [0.5, 0.6) is 0 Å². The number of hydrogen-bond donors (Lipinski definition) is 2. The van der Waals surface area contributed by atoms with Crippen molar-refractivity contribution in [2.45, 2.75) is 39.7 Å². The van der Waals surface area contributed by atoms with Crippen LogP contribution in [0.1, 0.15) is 41.8 Å². The lowest BCUT2D eigenvalue weighted by molar-refractivity contribution is -0.118. The second-order valence-electron chi connectivity index (χ2n) is 6.99. The van der Waals surface area contributed by atoms with Crippen LogP contribution < -0.4 is 10.6 Å². The second kappa shape index (κ2) is 9.54. The van der Waals surface area contributed by atoms with E-state index in [9.17, 15) is 9.59 Å². The largest absolute Gasteiger partial charge is 0.340 e. The number of benzene rings is 2. The normalized spacial score (nSPS) is 11.5. The van der Waals surface area contributed by atoms with Crippen molar-refractivity contribution in [2.24, 2.45) is 5.92 Å². The zero-order chi connectivity index (χ0) is 19.8. The molecule has 0 saturated carbocycles. The van der Waals surface area contributed by atoms with Crippen molar-refractivity contribution in [3.05, 3.63) is 65.2 Å². The summed E-state index contributed by atoms with van der Waals surface area (Å²) in [6.07, 6.45) is 0.868. The van der Waals surface area contributed by atoms with Gasteiger partial charge in [-0.25, -0.2) is 0 Å². The molecule has 27 heavy (non-hydrogen) atoms. The number of nitriles is 1. The van der Waals surface area contributed by atoms with E-state index in [1.165, 1.54) is 0 Å². The van der Waals surface area contributed by atoms with Crippen LogP contribution >= 0.6 is 0 Å². The number of nitrogens with one attached hydrogen (secondary N) is 2. The monoisotopic (exact) mass is 363 g/mol.